The fraction of sp³-hybridized carbons (Fsp3) is 0.0536. The van der Waals surface area contributed by atoms with Gasteiger partial charge in [-0.05, 0) is 101 Å². The van der Waals surface area contributed by atoms with E-state index in [0.29, 0.717) is 5.82 Å². The highest BCUT2D eigenvalue weighted by molar-refractivity contribution is 6.05. The van der Waals surface area contributed by atoms with Crippen molar-refractivity contribution in [3.63, 3.8) is 0 Å². The van der Waals surface area contributed by atoms with Gasteiger partial charge < -0.3 is 0 Å². The normalized spacial score (nSPS) is 12.7. The summed E-state index contributed by atoms with van der Waals surface area (Å²) in [6.45, 7) is 4.70. The highest BCUT2D eigenvalue weighted by Gasteiger charge is 2.36. The summed E-state index contributed by atoms with van der Waals surface area (Å²) in [5, 5.41) is 4.88. The first-order chi connectivity index (χ1) is 29.0. The van der Waals surface area contributed by atoms with Crippen molar-refractivity contribution in [3.8, 4) is 78.4 Å². The Morgan fingerprint density at radius 1 is 0.373 bits per heavy atom. The van der Waals surface area contributed by atoms with Gasteiger partial charge in [0.25, 0.3) is 0 Å². The molecule has 2 aromatic heterocycles. The number of rotatable bonds is 6. The maximum Gasteiger partial charge on any atom is 0.161 e. The van der Waals surface area contributed by atoms with Crippen molar-refractivity contribution in [1.29, 1.82) is 0 Å². The maximum atomic E-state index is 5.24. The third kappa shape index (κ3) is 5.94. The Morgan fingerprint density at radius 3 is 1.66 bits per heavy atom. The molecule has 10 aromatic rings. The molecule has 0 bridgehead atoms. The van der Waals surface area contributed by atoms with Crippen LogP contribution in [-0.2, 0) is 5.41 Å². The van der Waals surface area contributed by atoms with Crippen LogP contribution in [0.5, 0.6) is 0 Å². The second-order valence-electron chi connectivity index (χ2n) is 16.0. The Balaban J connectivity index is 0.972. The van der Waals surface area contributed by atoms with Crippen LogP contribution in [0.25, 0.3) is 100.0 Å². The van der Waals surface area contributed by atoms with E-state index in [1.165, 1.54) is 55.3 Å². The lowest BCUT2D eigenvalue weighted by Crippen LogP contribution is -2.14. The Hall–Kier alpha value is -7.49. The highest BCUT2D eigenvalue weighted by Crippen LogP contribution is 2.52. The van der Waals surface area contributed by atoms with Crippen LogP contribution < -0.4 is 0 Å². The molecular weight excluding hydrogens is 715 g/mol. The lowest BCUT2D eigenvalue weighted by atomic mass is 9.82. The average molecular weight is 754 g/mol. The molecule has 1 aliphatic rings. The zero-order valence-corrected chi connectivity index (χ0v) is 32.9. The topological polar surface area (TPSA) is 38.7 Å². The minimum Gasteiger partial charge on any atom is -0.264 e. The SMILES string of the molecule is CC1(C)c2ccc(-c3ccc(-c4ccc(-c5nc(-c6ccccc6)cc(-c6ccc(-c7cccnc7)cc6)n5)c5ccccc45)cc3)cc2-c2c1ccc1ccccc21. The lowest BCUT2D eigenvalue weighted by Gasteiger charge is -2.21. The van der Waals surface area contributed by atoms with Crippen LogP contribution in [0.2, 0.25) is 0 Å². The molecule has 0 amide bonds. The third-order valence-corrected chi connectivity index (χ3v) is 12.2. The number of nitrogens with zero attached hydrogens (tertiary/aromatic N) is 3. The average Bonchev–Trinajstić information content (AvgIpc) is 3.54. The molecule has 0 atom stereocenters. The molecule has 0 saturated carbocycles. The lowest BCUT2D eigenvalue weighted by molar-refractivity contribution is 0.661. The molecule has 278 valence electrons. The molecular formula is C56H39N3. The van der Waals surface area contributed by atoms with E-state index >= 15 is 0 Å². The van der Waals surface area contributed by atoms with Crippen LogP contribution in [0, 0.1) is 0 Å². The van der Waals surface area contributed by atoms with Crippen molar-refractivity contribution in [2.24, 2.45) is 0 Å². The Labute approximate surface area is 344 Å². The van der Waals surface area contributed by atoms with Gasteiger partial charge in [-0.2, -0.15) is 0 Å². The van der Waals surface area contributed by atoms with Crippen molar-refractivity contribution in [1.82, 2.24) is 15.0 Å². The molecule has 0 unspecified atom stereocenters. The molecule has 3 nitrogen and oxygen atoms in total. The Bertz CT molecular complexity index is 3200. The van der Waals surface area contributed by atoms with E-state index in [9.17, 15) is 0 Å². The second kappa shape index (κ2) is 13.9. The number of pyridine rings is 1. The minimum absolute atomic E-state index is 0.0496. The van der Waals surface area contributed by atoms with Crippen molar-refractivity contribution < 1.29 is 0 Å². The zero-order chi connectivity index (χ0) is 39.5. The molecule has 1 aliphatic carbocycles. The van der Waals surface area contributed by atoms with Crippen molar-refractivity contribution in [3.05, 3.63) is 212 Å². The predicted molar refractivity (Wildman–Crippen MR) is 245 cm³/mol. The standard InChI is InChI=1S/C56H39N3/c1-56(2)50-30-27-42(33-49(50)54-45-15-7-6-11-38(45)26-31-51(54)56)36-18-22-39(23-19-36)44-28-29-48(47-17-9-8-16-46(44)47)55-58-52(40-12-4-3-5-13-40)34-53(59-55)41-24-20-37(21-25-41)43-14-10-32-57-35-43/h3-35H,1-2H3. The molecule has 8 aromatic carbocycles. The number of hydrogen-bond donors (Lipinski definition) is 0. The van der Waals surface area contributed by atoms with Crippen molar-refractivity contribution in [2.75, 3.05) is 0 Å². The molecule has 59 heavy (non-hydrogen) atoms. The summed E-state index contributed by atoms with van der Waals surface area (Å²) >= 11 is 0. The zero-order valence-electron chi connectivity index (χ0n) is 32.9. The van der Waals surface area contributed by atoms with E-state index in [2.05, 4.69) is 195 Å². The molecule has 0 spiro atoms. The first-order valence-electron chi connectivity index (χ1n) is 20.2. The summed E-state index contributed by atoms with van der Waals surface area (Å²) in [5.74, 6) is 0.699. The van der Waals surface area contributed by atoms with E-state index in [1.54, 1.807) is 6.20 Å². The highest BCUT2D eigenvalue weighted by atomic mass is 14.9. The first kappa shape index (κ1) is 34.7. The van der Waals surface area contributed by atoms with Gasteiger partial charge in [0, 0.05) is 34.5 Å². The molecule has 0 aliphatic heterocycles. The van der Waals surface area contributed by atoms with Crippen LogP contribution >= 0.6 is 0 Å². The van der Waals surface area contributed by atoms with Gasteiger partial charge >= 0.3 is 0 Å². The smallest absolute Gasteiger partial charge is 0.161 e. The summed E-state index contributed by atoms with van der Waals surface area (Å²) in [4.78, 5) is 14.8. The third-order valence-electron chi connectivity index (χ3n) is 12.2. The fourth-order valence-corrected chi connectivity index (χ4v) is 9.13. The van der Waals surface area contributed by atoms with E-state index < -0.39 is 0 Å². The largest absolute Gasteiger partial charge is 0.264 e. The summed E-state index contributed by atoms with van der Waals surface area (Å²) in [6.07, 6.45) is 3.69. The van der Waals surface area contributed by atoms with E-state index in [-0.39, 0.29) is 5.41 Å². The van der Waals surface area contributed by atoms with Gasteiger partial charge in [0.2, 0.25) is 0 Å². The van der Waals surface area contributed by atoms with Gasteiger partial charge in [0.15, 0.2) is 5.82 Å². The van der Waals surface area contributed by atoms with Crippen LogP contribution in [0.4, 0.5) is 0 Å². The van der Waals surface area contributed by atoms with Crippen LogP contribution in [0.3, 0.4) is 0 Å². The molecule has 0 saturated heterocycles. The molecule has 11 rings (SSSR count). The summed E-state index contributed by atoms with van der Waals surface area (Å²) < 4.78 is 0. The number of hydrogen-bond acceptors (Lipinski definition) is 3. The van der Waals surface area contributed by atoms with Gasteiger partial charge in [0.1, 0.15) is 0 Å². The van der Waals surface area contributed by atoms with Gasteiger partial charge in [0.05, 0.1) is 11.4 Å². The van der Waals surface area contributed by atoms with Gasteiger partial charge in [-0.1, -0.05) is 178 Å². The molecule has 2 heterocycles. The van der Waals surface area contributed by atoms with Crippen molar-refractivity contribution in [2.45, 2.75) is 19.3 Å². The van der Waals surface area contributed by atoms with E-state index in [0.717, 1.165) is 50.0 Å². The molecule has 0 N–H and O–H groups in total. The monoisotopic (exact) mass is 753 g/mol. The minimum atomic E-state index is -0.0496. The number of benzene rings is 8. The molecule has 0 radical (unpaired) electrons. The van der Waals surface area contributed by atoms with Crippen LogP contribution in [0.15, 0.2) is 200 Å². The van der Waals surface area contributed by atoms with Crippen LogP contribution in [0.1, 0.15) is 25.0 Å². The quantitative estimate of drug-likeness (QED) is 0.170. The van der Waals surface area contributed by atoms with Crippen LogP contribution in [-0.4, -0.2) is 15.0 Å². The van der Waals surface area contributed by atoms with Gasteiger partial charge in [-0.25, -0.2) is 9.97 Å². The number of fused-ring (bicyclic) bond motifs is 6. The van der Waals surface area contributed by atoms with E-state index in [1.807, 2.05) is 18.3 Å². The first-order valence-corrected chi connectivity index (χ1v) is 20.2. The fourth-order valence-electron chi connectivity index (χ4n) is 9.13. The maximum absolute atomic E-state index is 5.24. The summed E-state index contributed by atoms with van der Waals surface area (Å²) in [7, 11) is 0. The molecule has 0 fully saturated rings. The summed E-state index contributed by atoms with van der Waals surface area (Å²) in [5.41, 5.74) is 17.3. The van der Waals surface area contributed by atoms with Crippen molar-refractivity contribution >= 4 is 21.5 Å². The van der Waals surface area contributed by atoms with Gasteiger partial charge in [-0.3, -0.25) is 4.98 Å². The Kier molecular flexibility index (Phi) is 8.16. The van der Waals surface area contributed by atoms with E-state index in [4.69, 9.17) is 9.97 Å². The second-order valence-corrected chi connectivity index (χ2v) is 16.0. The number of aromatic nitrogens is 3. The molecule has 3 heteroatoms. The predicted octanol–water partition coefficient (Wildman–Crippen LogP) is 14.5. The Morgan fingerprint density at radius 2 is 0.932 bits per heavy atom. The van der Waals surface area contributed by atoms with Gasteiger partial charge in [-0.15, -0.1) is 0 Å². The summed E-state index contributed by atoms with van der Waals surface area (Å²) in [6, 6.07) is 67.6.